The fourth-order valence-electron chi connectivity index (χ4n) is 1.85. The molecule has 0 spiro atoms. The molecule has 0 aromatic heterocycles. The van der Waals surface area contributed by atoms with Crippen LogP contribution in [0.5, 0.6) is 0 Å². The summed E-state index contributed by atoms with van der Waals surface area (Å²) in [7, 11) is 0. The molecule has 0 unspecified atom stereocenters. The molecule has 0 fully saturated rings. The third-order valence-electron chi connectivity index (χ3n) is 2.73. The van der Waals surface area contributed by atoms with Gasteiger partial charge >= 0.3 is 0 Å². The molecule has 0 saturated heterocycles. The highest BCUT2D eigenvalue weighted by molar-refractivity contribution is 7.80. The number of thiocarbonyl (C=S) groups is 1. The van der Waals surface area contributed by atoms with Gasteiger partial charge in [-0.15, -0.1) is 6.58 Å². The van der Waals surface area contributed by atoms with E-state index in [0.717, 1.165) is 6.54 Å². The lowest BCUT2D eigenvalue weighted by Gasteiger charge is -2.10. The molecule has 0 heterocycles. The first-order valence-corrected chi connectivity index (χ1v) is 6.31. The van der Waals surface area contributed by atoms with Crippen molar-refractivity contribution in [3.63, 3.8) is 0 Å². The van der Waals surface area contributed by atoms with Gasteiger partial charge in [0.25, 0.3) is 0 Å². The van der Waals surface area contributed by atoms with Gasteiger partial charge in [0, 0.05) is 13.1 Å². The Balaban J connectivity index is 2.08. The number of nitrogens with one attached hydrogen (secondary N) is 2. The van der Waals surface area contributed by atoms with Crippen molar-refractivity contribution < 1.29 is 0 Å². The number of benzene rings is 2. The molecule has 0 aliphatic carbocycles. The summed E-state index contributed by atoms with van der Waals surface area (Å²) >= 11 is 5.17. The minimum atomic E-state index is 0.655. The van der Waals surface area contributed by atoms with Crippen LogP contribution in [0.1, 0.15) is 5.56 Å². The van der Waals surface area contributed by atoms with E-state index in [1.807, 2.05) is 0 Å². The summed E-state index contributed by atoms with van der Waals surface area (Å²) in [5.41, 5.74) is 1.25. The molecule has 0 aliphatic rings. The minimum Gasteiger partial charge on any atom is -0.359 e. The van der Waals surface area contributed by atoms with Crippen LogP contribution in [-0.2, 0) is 6.54 Å². The smallest absolute Gasteiger partial charge is 0.166 e. The summed E-state index contributed by atoms with van der Waals surface area (Å²) in [6.45, 7) is 5.05. The van der Waals surface area contributed by atoms with E-state index in [1.54, 1.807) is 6.08 Å². The Morgan fingerprint density at radius 2 is 1.89 bits per heavy atom. The Kier molecular flexibility index (Phi) is 4.31. The molecule has 2 rings (SSSR count). The second kappa shape index (κ2) is 6.17. The average molecular weight is 256 g/mol. The lowest BCUT2D eigenvalue weighted by Crippen LogP contribution is -2.34. The van der Waals surface area contributed by atoms with Gasteiger partial charge in [0.2, 0.25) is 0 Å². The molecule has 0 bridgehead atoms. The Morgan fingerprint density at radius 1 is 1.11 bits per heavy atom. The minimum absolute atomic E-state index is 0.655. The summed E-state index contributed by atoms with van der Waals surface area (Å²) < 4.78 is 0. The summed E-state index contributed by atoms with van der Waals surface area (Å²) in [5.74, 6) is 0. The molecular weight excluding hydrogens is 240 g/mol. The summed E-state index contributed by atoms with van der Waals surface area (Å²) in [4.78, 5) is 0. The molecule has 0 amide bonds. The van der Waals surface area contributed by atoms with Crippen molar-refractivity contribution in [1.82, 2.24) is 10.6 Å². The molecule has 0 atom stereocenters. The number of hydrogen-bond acceptors (Lipinski definition) is 1. The number of hydrogen-bond donors (Lipinski definition) is 2. The zero-order valence-electron chi connectivity index (χ0n) is 10.1. The van der Waals surface area contributed by atoms with Crippen LogP contribution < -0.4 is 10.6 Å². The Hall–Kier alpha value is -1.87. The van der Waals surface area contributed by atoms with Gasteiger partial charge in [0.05, 0.1) is 0 Å². The molecule has 3 heteroatoms. The molecule has 0 radical (unpaired) electrons. The van der Waals surface area contributed by atoms with E-state index in [-0.39, 0.29) is 0 Å². The van der Waals surface area contributed by atoms with E-state index < -0.39 is 0 Å². The zero-order chi connectivity index (χ0) is 12.8. The SMILES string of the molecule is C=CCNC(=S)NCc1cccc2ccccc12. The van der Waals surface area contributed by atoms with Gasteiger partial charge in [-0.25, -0.2) is 0 Å². The molecule has 2 aromatic rings. The van der Waals surface area contributed by atoms with E-state index in [2.05, 4.69) is 59.7 Å². The predicted octanol–water partition coefficient (Wildman–Crippen LogP) is 2.99. The van der Waals surface area contributed by atoms with Crippen molar-refractivity contribution >= 4 is 28.1 Å². The van der Waals surface area contributed by atoms with Gasteiger partial charge in [0.1, 0.15) is 0 Å². The topological polar surface area (TPSA) is 24.1 Å². The van der Waals surface area contributed by atoms with Crippen LogP contribution in [-0.4, -0.2) is 11.7 Å². The second-order valence-electron chi connectivity index (χ2n) is 3.99. The van der Waals surface area contributed by atoms with Gasteiger partial charge in [0.15, 0.2) is 5.11 Å². The van der Waals surface area contributed by atoms with Crippen molar-refractivity contribution in [3.8, 4) is 0 Å². The van der Waals surface area contributed by atoms with Crippen molar-refractivity contribution in [3.05, 3.63) is 60.7 Å². The fraction of sp³-hybridized carbons (Fsp3) is 0.133. The first kappa shape index (κ1) is 12.6. The van der Waals surface area contributed by atoms with Crippen LogP contribution in [0.4, 0.5) is 0 Å². The van der Waals surface area contributed by atoms with E-state index in [9.17, 15) is 0 Å². The van der Waals surface area contributed by atoms with Gasteiger partial charge < -0.3 is 10.6 Å². The molecule has 0 saturated carbocycles. The van der Waals surface area contributed by atoms with Crippen LogP contribution in [0, 0.1) is 0 Å². The molecule has 18 heavy (non-hydrogen) atoms. The Morgan fingerprint density at radius 3 is 2.72 bits per heavy atom. The predicted molar refractivity (Wildman–Crippen MR) is 81.6 cm³/mol. The molecule has 92 valence electrons. The maximum absolute atomic E-state index is 5.17. The molecule has 2 N–H and O–H groups in total. The van der Waals surface area contributed by atoms with Crippen molar-refractivity contribution in [1.29, 1.82) is 0 Å². The van der Waals surface area contributed by atoms with Crippen LogP contribution in [0.3, 0.4) is 0 Å². The van der Waals surface area contributed by atoms with Gasteiger partial charge in [-0.05, 0) is 28.6 Å². The van der Waals surface area contributed by atoms with E-state index in [4.69, 9.17) is 12.2 Å². The van der Waals surface area contributed by atoms with E-state index in [1.165, 1.54) is 16.3 Å². The molecule has 2 nitrogen and oxygen atoms in total. The Labute approximate surface area is 113 Å². The van der Waals surface area contributed by atoms with Crippen molar-refractivity contribution in [2.45, 2.75) is 6.54 Å². The maximum atomic E-state index is 5.17. The summed E-state index contributed by atoms with van der Waals surface area (Å²) in [6, 6.07) is 14.7. The third-order valence-corrected chi connectivity index (χ3v) is 3.01. The largest absolute Gasteiger partial charge is 0.359 e. The summed E-state index contributed by atoms with van der Waals surface area (Å²) in [6.07, 6.45) is 1.78. The van der Waals surface area contributed by atoms with Gasteiger partial charge in [-0.1, -0.05) is 48.5 Å². The van der Waals surface area contributed by atoms with Gasteiger partial charge in [-0.2, -0.15) is 0 Å². The number of rotatable bonds is 4. The third kappa shape index (κ3) is 3.08. The standard InChI is InChI=1S/C15H16N2S/c1-2-10-16-15(18)17-11-13-8-5-7-12-6-3-4-9-14(12)13/h2-9H,1,10-11H2,(H2,16,17,18). The molecule has 2 aromatic carbocycles. The molecular formula is C15H16N2S. The zero-order valence-corrected chi connectivity index (χ0v) is 11.0. The van der Waals surface area contributed by atoms with Crippen molar-refractivity contribution in [2.75, 3.05) is 6.54 Å². The van der Waals surface area contributed by atoms with E-state index in [0.29, 0.717) is 11.7 Å². The first-order chi connectivity index (χ1) is 8.81. The lowest BCUT2D eigenvalue weighted by atomic mass is 10.0. The molecule has 0 aliphatic heterocycles. The monoisotopic (exact) mass is 256 g/mol. The number of fused-ring (bicyclic) bond motifs is 1. The van der Waals surface area contributed by atoms with Crippen LogP contribution >= 0.6 is 12.2 Å². The van der Waals surface area contributed by atoms with Crippen LogP contribution in [0.25, 0.3) is 10.8 Å². The van der Waals surface area contributed by atoms with Crippen LogP contribution in [0.15, 0.2) is 55.1 Å². The second-order valence-corrected chi connectivity index (χ2v) is 4.40. The maximum Gasteiger partial charge on any atom is 0.166 e. The average Bonchev–Trinajstić information content (AvgIpc) is 2.42. The first-order valence-electron chi connectivity index (χ1n) is 5.90. The Bertz CT molecular complexity index is 558. The highest BCUT2D eigenvalue weighted by Crippen LogP contribution is 2.17. The highest BCUT2D eigenvalue weighted by Gasteiger charge is 2.00. The quantitative estimate of drug-likeness (QED) is 0.649. The van der Waals surface area contributed by atoms with Gasteiger partial charge in [-0.3, -0.25) is 0 Å². The highest BCUT2D eigenvalue weighted by atomic mass is 32.1. The van der Waals surface area contributed by atoms with Crippen LogP contribution in [0.2, 0.25) is 0 Å². The fourth-order valence-corrected chi connectivity index (χ4v) is 2.01. The van der Waals surface area contributed by atoms with E-state index >= 15 is 0 Å². The normalized spacial score (nSPS) is 10.0. The van der Waals surface area contributed by atoms with Crippen molar-refractivity contribution in [2.24, 2.45) is 0 Å². The summed E-state index contributed by atoms with van der Waals surface area (Å²) in [5, 5.41) is 9.42. The lowest BCUT2D eigenvalue weighted by molar-refractivity contribution is 0.878.